The van der Waals surface area contributed by atoms with Crippen LogP contribution in [0.15, 0.2) is 0 Å². The molecule has 1 aliphatic heterocycles. The Balaban J connectivity index is 2.51. The molecule has 2 atom stereocenters. The highest BCUT2D eigenvalue weighted by atomic mass is 16.1. The topological polar surface area (TPSA) is 72.3 Å². The van der Waals surface area contributed by atoms with Crippen molar-refractivity contribution < 1.29 is 4.79 Å². The molecule has 4 nitrogen and oxygen atoms in total. The second-order valence-electron chi connectivity index (χ2n) is 3.89. The van der Waals surface area contributed by atoms with E-state index in [4.69, 9.17) is 11.5 Å². The largest absolute Gasteiger partial charge is 0.368 e. The normalized spacial score (nSPS) is 27.1. The van der Waals surface area contributed by atoms with Gasteiger partial charge in [0.2, 0.25) is 5.91 Å². The van der Waals surface area contributed by atoms with Crippen LogP contribution in [0.1, 0.15) is 26.2 Å². The van der Waals surface area contributed by atoms with Crippen LogP contribution in [-0.4, -0.2) is 36.0 Å². The van der Waals surface area contributed by atoms with E-state index in [1.807, 2.05) is 6.92 Å². The van der Waals surface area contributed by atoms with Crippen LogP contribution < -0.4 is 11.5 Å². The van der Waals surface area contributed by atoms with Crippen molar-refractivity contribution in [2.24, 2.45) is 11.5 Å². The first-order chi connectivity index (χ1) is 6.11. The second kappa shape index (κ2) is 4.58. The second-order valence-corrected chi connectivity index (χ2v) is 3.89. The zero-order chi connectivity index (χ0) is 9.84. The van der Waals surface area contributed by atoms with E-state index in [2.05, 4.69) is 4.90 Å². The van der Waals surface area contributed by atoms with Gasteiger partial charge in [-0.3, -0.25) is 9.69 Å². The van der Waals surface area contributed by atoms with Crippen molar-refractivity contribution >= 4 is 5.91 Å². The van der Waals surface area contributed by atoms with Crippen LogP contribution in [0.2, 0.25) is 0 Å². The van der Waals surface area contributed by atoms with Gasteiger partial charge in [0.25, 0.3) is 0 Å². The van der Waals surface area contributed by atoms with Crippen LogP contribution in [0.25, 0.3) is 0 Å². The number of hydrogen-bond acceptors (Lipinski definition) is 3. The van der Waals surface area contributed by atoms with Crippen LogP contribution in [0.4, 0.5) is 0 Å². The van der Waals surface area contributed by atoms with Gasteiger partial charge >= 0.3 is 0 Å². The van der Waals surface area contributed by atoms with Gasteiger partial charge in [-0.05, 0) is 26.3 Å². The molecule has 1 rings (SSSR count). The van der Waals surface area contributed by atoms with Gasteiger partial charge in [-0.1, -0.05) is 6.42 Å². The highest BCUT2D eigenvalue weighted by molar-refractivity contribution is 5.79. The van der Waals surface area contributed by atoms with Crippen molar-refractivity contribution in [3.05, 3.63) is 0 Å². The predicted molar refractivity (Wildman–Crippen MR) is 52.1 cm³/mol. The number of primary amides is 1. The Kier molecular flexibility index (Phi) is 3.69. The van der Waals surface area contributed by atoms with Gasteiger partial charge in [-0.25, -0.2) is 0 Å². The number of carbonyl (C=O) groups excluding carboxylic acids is 1. The third kappa shape index (κ3) is 2.97. The zero-order valence-electron chi connectivity index (χ0n) is 8.20. The summed E-state index contributed by atoms with van der Waals surface area (Å²) in [6, 6.07) is 0.0275. The lowest BCUT2D eigenvalue weighted by Gasteiger charge is -2.34. The van der Waals surface area contributed by atoms with E-state index in [0.29, 0.717) is 0 Å². The number of hydrogen-bond donors (Lipinski definition) is 2. The smallest absolute Gasteiger partial charge is 0.234 e. The van der Waals surface area contributed by atoms with Crippen molar-refractivity contribution in [3.63, 3.8) is 0 Å². The molecule has 4 N–H and O–H groups in total. The van der Waals surface area contributed by atoms with Gasteiger partial charge in [-0.2, -0.15) is 0 Å². The summed E-state index contributed by atoms with van der Waals surface area (Å²) in [6.45, 7) is 3.68. The summed E-state index contributed by atoms with van der Waals surface area (Å²) in [5, 5.41) is 0. The Labute approximate surface area is 79.3 Å². The maximum atomic E-state index is 11.1. The van der Waals surface area contributed by atoms with E-state index >= 15 is 0 Å². The minimum Gasteiger partial charge on any atom is -0.368 e. The Hall–Kier alpha value is -0.610. The molecule has 0 aliphatic carbocycles. The number of likely N-dealkylation sites (tertiary alicyclic amines) is 1. The van der Waals surface area contributed by atoms with Crippen LogP contribution in [0.5, 0.6) is 0 Å². The molecule has 4 heteroatoms. The van der Waals surface area contributed by atoms with Crippen LogP contribution in [-0.2, 0) is 4.79 Å². The Morgan fingerprint density at radius 1 is 1.62 bits per heavy atom. The third-order valence-corrected chi connectivity index (χ3v) is 2.46. The van der Waals surface area contributed by atoms with Crippen molar-refractivity contribution in [2.75, 3.05) is 13.1 Å². The quantitative estimate of drug-likeness (QED) is 0.632. The maximum absolute atomic E-state index is 11.1. The fourth-order valence-corrected chi connectivity index (χ4v) is 1.90. The van der Waals surface area contributed by atoms with Gasteiger partial charge in [0.1, 0.15) is 0 Å². The van der Waals surface area contributed by atoms with Crippen molar-refractivity contribution in [2.45, 2.75) is 38.3 Å². The van der Waals surface area contributed by atoms with Crippen LogP contribution in [0, 0.1) is 0 Å². The molecule has 0 aromatic carbocycles. The molecule has 0 aromatic heterocycles. The standard InChI is InChI=1S/C9H19N3O/c1-7(10)6-12-5-3-2-4-8(12)9(11)13/h7-8H,2-6,10H2,1H3,(H2,11,13). The molecule has 1 heterocycles. The molecule has 1 saturated heterocycles. The number of nitrogens with two attached hydrogens (primary N) is 2. The molecule has 1 fully saturated rings. The van der Waals surface area contributed by atoms with E-state index < -0.39 is 0 Å². The molecule has 76 valence electrons. The number of rotatable bonds is 3. The molecule has 2 unspecified atom stereocenters. The number of carbonyl (C=O) groups is 1. The van der Waals surface area contributed by atoms with E-state index in [0.717, 1.165) is 32.4 Å². The number of nitrogens with zero attached hydrogens (tertiary/aromatic N) is 1. The van der Waals surface area contributed by atoms with Gasteiger partial charge in [0.05, 0.1) is 6.04 Å². The minimum absolute atomic E-state index is 0.0836. The average molecular weight is 185 g/mol. The summed E-state index contributed by atoms with van der Waals surface area (Å²) >= 11 is 0. The Morgan fingerprint density at radius 3 is 2.85 bits per heavy atom. The van der Waals surface area contributed by atoms with Crippen molar-refractivity contribution in [1.82, 2.24) is 4.90 Å². The van der Waals surface area contributed by atoms with Gasteiger partial charge in [-0.15, -0.1) is 0 Å². The number of amides is 1. The molecule has 0 spiro atoms. The molecular formula is C9H19N3O. The maximum Gasteiger partial charge on any atom is 0.234 e. The molecule has 0 bridgehead atoms. The molecule has 0 aromatic rings. The lowest BCUT2D eigenvalue weighted by Crippen LogP contribution is -2.51. The van der Waals surface area contributed by atoms with Gasteiger partial charge in [0.15, 0.2) is 0 Å². The van der Waals surface area contributed by atoms with Crippen LogP contribution in [0.3, 0.4) is 0 Å². The summed E-state index contributed by atoms with van der Waals surface area (Å²) in [6.07, 6.45) is 3.14. The van der Waals surface area contributed by atoms with Crippen molar-refractivity contribution in [3.8, 4) is 0 Å². The van der Waals surface area contributed by atoms with Crippen LogP contribution >= 0.6 is 0 Å². The molecule has 0 radical (unpaired) electrons. The Bertz CT molecular complexity index is 182. The summed E-state index contributed by atoms with van der Waals surface area (Å²) in [5.74, 6) is -0.208. The van der Waals surface area contributed by atoms with E-state index in [1.165, 1.54) is 0 Å². The first-order valence-electron chi connectivity index (χ1n) is 4.90. The van der Waals surface area contributed by atoms with Gasteiger partial charge < -0.3 is 11.5 Å². The predicted octanol–water partition coefficient (Wildman–Crippen LogP) is -0.327. The zero-order valence-corrected chi connectivity index (χ0v) is 8.20. The molecule has 13 heavy (non-hydrogen) atoms. The van der Waals surface area contributed by atoms with E-state index in [1.54, 1.807) is 0 Å². The first kappa shape index (κ1) is 10.5. The highest BCUT2D eigenvalue weighted by Gasteiger charge is 2.26. The third-order valence-electron chi connectivity index (χ3n) is 2.46. The van der Waals surface area contributed by atoms with E-state index in [-0.39, 0.29) is 18.0 Å². The van der Waals surface area contributed by atoms with Gasteiger partial charge in [0, 0.05) is 12.6 Å². The molecular weight excluding hydrogens is 166 g/mol. The molecule has 1 aliphatic rings. The lowest BCUT2D eigenvalue weighted by atomic mass is 10.0. The van der Waals surface area contributed by atoms with Crippen molar-refractivity contribution in [1.29, 1.82) is 0 Å². The fraction of sp³-hybridized carbons (Fsp3) is 0.889. The SMILES string of the molecule is CC(N)CN1CCCCC1C(N)=O. The first-order valence-corrected chi connectivity index (χ1v) is 4.90. The van der Waals surface area contributed by atoms with E-state index in [9.17, 15) is 4.79 Å². The highest BCUT2D eigenvalue weighted by Crippen LogP contribution is 2.16. The molecule has 0 saturated carbocycles. The fourth-order valence-electron chi connectivity index (χ4n) is 1.90. The molecule has 1 amide bonds. The Morgan fingerprint density at radius 2 is 2.31 bits per heavy atom. The lowest BCUT2D eigenvalue weighted by molar-refractivity contribution is -0.124. The summed E-state index contributed by atoms with van der Waals surface area (Å²) in [7, 11) is 0. The summed E-state index contributed by atoms with van der Waals surface area (Å²) < 4.78 is 0. The average Bonchev–Trinajstić information content (AvgIpc) is 2.03. The summed E-state index contributed by atoms with van der Waals surface area (Å²) in [4.78, 5) is 13.2. The monoisotopic (exact) mass is 185 g/mol. The number of piperidine rings is 1. The summed E-state index contributed by atoms with van der Waals surface area (Å²) in [5.41, 5.74) is 11.0. The minimum atomic E-state index is -0.208.